The summed E-state index contributed by atoms with van der Waals surface area (Å²) in [5, 5.41) is 7.33. The Morgan fingerprint density at radius 1 is 1.58 bits per heavy atom. The van der Waals surface area contributed by atoms with Crippen LogP contribution in [0, 0.1) is 0 Å². The Balaban J connectivity index is 2.93. The Morgan fingerprint density at radius 3 is 2.67 bits per heavy atom. The van der Waals surface area contributed by atoms with Crippen molar-refractivity contribution in [2.45, 2.75) is 19.4 Å². The zero-order chi connectivity index (χ0) is 9.19. The molecule has 12 heavy (non-hydrogen) atoms. The van der Waals surface area contributed by atoms with Gasteiger partial charge in [0.15, 0.2) is 5.54 Å². The first kappa shape index (κ1) is 8.70. The second-order valence-electron chi connectivity index (χ2n) is 2.90. The van der Waals surface area contributed by atoms with Gasteiger partial charge < -0.3 is 4.74 Å². The molecule has 0 N–H and O–H groups in total. The minimum Gasteiger partial charge on any atom is -0.467 e. The number of aromatic nitrogens is 3. The summed E-state index contributed by atoms with van der Waals surface area (Å²) in [5.74, 6) is -0.340. The van der Waals surface area contributed by atoms with E-state index in [0.717, 1.165) is 0 Å². The highest BCUT2D eigenvalue weighted by Gasteiger charge is 2.31. The van der Waals surface area contributed by atoms with Gasteiger partial charge in [-0.2, -0.15) is 0 Å². The molecule has 0 bridgehead atoms. The second-order valence-corrected chi connectivity index (χ2v) is 2.90. The van der Waals surface area contributed by atoms with Gasteiger partial charge in [-0.25, -0.2) is 9.48 Å². The lowest BCUT2D eigenvalue weighted by Gasteiger charge is -2.20. The highest BCUT2D eigenvalue weighted by molar-refractivity contribution is 5.77. The number of rotatable bonds is 2. The molecule has 1 heterocycles. The van der Waals surface area contributed by atoms with Gasteiger partial charge in [0.1, 0.15) is 0 Å². The molecule has 0 saturated carbocycles. The zero-order valence-electron chi connectivity index (χ0n) is 7.31. The zero-order valence-corrected chi connectivity index (χ0v) is 7.31. The lowest BCUT2D eigenvalue weighted by atomic mass is 10.1. The van der Waals surface area contributed by atoms with E-state index in [4.69, 9.17) is 0 Å². The Morgan fingerprint density at radius 2 is 2.25 bits per heavy atom. The molecule has 0 aliphatic heterocycles. The average Bonchev–Trinajstić information content (AvgIpc) is 2.55. The van der Waals surface area contributed by atoms with Crippen molar-refractivity contribution >= 4 is 5.97 Å². The maximum Gasteiger partial charge on any atom is 0.333 e. The minimum atomic E-state index is -0.786. The molecule has 0 radical (unpaired) electrons. The van der Waals surface area contributed by atoms with Crippen molar-refractivity contribution in [1.29, 1.82) is 0 Å². The fourth-order valence-corrected chi connectivity index (χ4v) is 0.850. The van der Waals surface area contributed by atoms with Gasteiger partial charge in [0.2, 0.25) is 0 Å². The van der Waals surface area contributed by atoms with E-state index in [1.807, 2.05) is 0 Å². The maximum absolute atomic E-state index is 11.2. The molecule has 1 rings (SSSR count). The van der Waals surface area contributed by atoms with Crippen LogP contribution in [0.4, 0.5) is 0 Å². The second kappa shape index (κ2) is 2.92. The summed E-state index contributed by atoms with van der Waals surface area (Å²) in [6.07, 6.45) is 3.14. The van der Waals surface area contributed by atoms with Crippen LogP contribution in [-0.4, -0.2) is 28.1 Å². The van der Waals surface area contributed by atoms with E-state index >= 15 is 0 Å². The lowest BCUT2D eigenvalue weighted by molar-refractivity contribution is -0.150. The van der Waals surface area contributed by atoms with Crippen LogP contribution in [0.5, 0.6) is 0 Å². The van der Waals surface area contributed by atoms with Crippen LogP contribution < -0.4 is 0 Å². The SMILES string of the molecule is COC(=O)C(C)(C)n1ccnn1. The van der Waals surface area contributed by atoms with Crippen LogP contribution in [0.1, 0.15) is 13.8 Å². The third-order valence-electron chi connectivity index (χ3n) is 1.68. The molecule has 1 aromatic rings. The predicted molar refractivity (Wildman–Crippen MR) is 41.4 cm³/mol. The number of esters is 1. The van der Waals surface area contributed by atoms with Gasteiger partial charge in [-0.15, -0.1) is 5.10 Å². The van der Waals surface area contributed by atoms with E-state index < -0.39 is 5.54 Å². The van der Waals surface area contributed by atoms with Crippen molar-refractivity contribution in [2.75, 3.05) is 7.11 Å². The quantitative estimate of drug-likeness (QED) is 0.593. The highest BCUT2D eigenvalue weighted by atomic mass is 16.5. The third kappa shape index (κ3) is 1.30. The maximum atomic E-state index is 11.2. The average molecular weight is 169 g/mol. The van der Waals surface area contributed by atoms with Crippen molar-refractivity contribution in [3.63, 3.8) is 0 Å². The summed E-state index contributed by atoms with van der Waals surface area (Å²) in [5.41, 5.74) is -0.786. The van der Waals surface area contributed by atoms with Crippen molar-refractivity contribution in [2.24, 2.45) is 0 Å². The molecule has 0 fully saturated rings. The first-order chi connectivity index (χ1) is 5.59. The predicted octanol–water partition coefficient (Wildman–Crippen LogP) is 0.186. The van der Waals surface area contributed by atoms with Crippen LogP contribution in [0.25, 0.3) is 0 Å². The molecule has 0 aliphatic rings. The van der Waals surface area contributed by atoms with Crippen LogP contribution in [0.2, 0.25) is 0 Å². The van der Waals surface area contributed by atoms with Crippen molar-refractivity contribution in [3.8, 4) is 0 Å². The molecular weight excluding hydrogens is 158 g/mol. The Labute approximate surface area is 70.3 Å². The van der Waals surface area contributed by atoms with Crippen LogP contribution in [-0.2, 0) is 15.1 Å². The molecule has 5 nitrogen and oxygen atoms in total. The monoisotopic (exact) mass is 169 g/mol. The Kier molecular flexibility index (Phi) is 2.12. The largest absolute Gasteiger partial charge is 0.467 e. The fraction of sp³-hybridized carbons (Fsp3) is 0.571. The van der Waals surface area contributed by atoms with Gasteiger partial charge in [-0.05, 0) is 13.8 Å². The number of methoxy groups -OCH3 is 1. The summed E-state index contributed by atoms with van der Waals surface area (Å²) in [7, 11) is 1.35. The molecule has 0 spiro atoms. The molecule has 0 aliphatic carbocycles. The highest BCUT2D eigenvalue weighted by Crippen LogP contribution is 2.13. The summed E-state index contributed by atoms with van der Waals surface area (Å²) in [4.78, 5) is 11.2. The number of nitrogens with zero attached hydrogens (tertiary/aromatic N) is 3. The molecule has 1 aromatic heterocycles. The summed E-state index contributed by atoms with van der Waals surface area (Å²) >= 11 is 0. The van der Waals surface area contributed by atoms with E-state index in [-0.39, 0.29) is 5.97 Å². The van der Waals surface area contributed by atoms with Crippen LogP contribution in [0.15, 0.2) is 12.4 Å². The van der Waals surface area contributed by atoms with E-state index in [2.05, 4.69) is 15.0 Å². The minimum absolute atomic E-state index is 0.340. The smallest absolute Gasteiger partial charge is 0.333 e. The van der Waals surface area contributed by atoms with Gasteiger partial charge in [0.25, 0.3) is 0 Å². The Bertz CT molecular complexity index is 266. The number of ether oxygens (including phenoxy) is 1. The van der Waals surface area contributed by atoms with E-state index in [1.54, 1.807) is 20.0 Å². The molecule has 0 amide bonds. The molecule has 0 saturated heterocycles. The standard InChI is InChI=1S/C7H11N3O2/c1-7(2,6(11)12-3)10-5-4-8-9-10/h4-5H,1-3H3. The summed E-state index contributed by atoms with van der Waals surface area (Å²) < 4.78 is 6.07. The van der Waals surface area contributed by atoms with Gasteiger partial charge in [-0.1, -0.05) is 5.21 Å². The third-order valence-corrected chi connectivity index (χ3v) is 1.68. The van der Waals surface area contributed by atoms with Gasteiger partial charge in [-0.3, -0.25) is 0 Å². The molecule has 0 atom stereocenters. The fourth-order valence-electron chi connectivity index (χ4n) is 0.850. The van der Waals surface area contributed by atoms with Crippen molar-refractivity contribution in [1.82, 2.24) is 15.0 Å². The first-order valence-corrected chi connectivity index (χ1v) is 3.54. The molecule has 66 valence electrons. The van der Waals surface area contributed by atoms with Gasteiger partial charge in [0, 0.05) is 6.20 Å². The first-order valence-electron chi connectivity index (χ1n) is 3.54. The number of hydrogen-bond donors (Lipinski definition) is 0. The van der Waals surface area contributed by atoms with Gasteiger partial charge in [0.05, 0.1) is 13.3 Å². The van der Waals surface area contributed by atoms with Crippen LogP contribution in [0.3, 0.4) is 0 Å². The number of carbonyl (C=O) groups excluding carboxylic acids is 1. The lowest BCUT2D eigenvalue weighted by Crippen LogP contribution is -2.37. The summed E-state index contributed by atoms with van der Waals surface area (Å²) in [6, 6.07) is 0. The normalized spacial score (nSPS) is 11.2. The van der Waals surface area contributed by atoms with Crippen molar-refractivity contribution in [3.05, 3.63) is 12.4 Å². The molecule has 5 heteroatoms. The van der Waals surface area contributed by atoms with Crippen LogP contribution >= 0.6 is 0 Å². The van der Waals surface area contributed by atoms with Crippen molar-refractivity contribution < 1.29 is 9.53 Å². The summed E-state index contributed by atoms with van der Waals surface area (Å²) in [6.45, 7) is 3.43. The molecule has 0 unspecified atom stereocenters. The van der Waals surface area contributed by atoms with E-state index in [0.29, 0.717) is 0 Å². The van der Waals surface area contributed by atoms with E-state index in [1.165, 1.54) is 18.0 Å². The Hall–Kier alpha value is -1.39. The molecule has 0 aromatic carbocycles. The number of hydrogen-bond acceptors (Lipinski definition) is 4. The molecular formula is C7H11N3O2. The van der Waals surface area contributed by atoms with E-state index in [9.17, 15) is 4.79 Å². The topological polar surface area (TPSA) is 57.0 Å². The van der Waals surface area contributed by atoms with Gasteiger partial charge >= 0.3 is 5.97 Å². The number of carbonyl (C=O) groups is 1.